The molecule has 0 aromatic heterocycles. The molecule has 1 aliphatic heterocycles. The largest absolute Gasteiger partial charge is 0.337 e. The third-order valence-electron chi connectivity index (χ3n) is 4.48. The molecule has 1 saturated heterocycles. The summed E-state index contributed by atoms with van der Waals surface area (Å²) in [6.45, 7) is 0.369. The first kappa shape index (κ1) is 18.4. The Bertz CT molecular complexity index is 712. The van der Waals surface area contributed by atoms with Gasteiger partial charge in [0.15, 0.2) is 0 Å². The topological polar surface area (TPSA) is 81.5 Å². The molecule has 1 fully saturated rings. The van der Waals surface area contributed by atoms with Crippen LogP contribution in [0.2, 0.25) is 0 Å². The predicted molar refractivity (Wildman–Crippen MR) is 91.6 cm³/mol. The number of carbonyl (C=O) groups excluding carboxylic acids is 1. The summed E-state index contributed by atoms with van der Waals surface area (Å²) >= 11 is 0. The molecule has 0 spiro atoms. The van der Waals surface area contributed by atoms with E-state index in [2.05, 4.69) is 6.07 Å². The first-order valence-electron chi connectivity index (χ1n) is 8.00. The number of piperidine rings is 1. The van der Waals surface area contributed by atoms with E-state index in [9.17, 15) is 18.5 Å². The summed E-state index contributed by atoms with van der Waals surface area (Å²) in [4.78, 5) is 14.3. The van der Waals surface area contributed by atoms with E-state index in [1.54, 1.807) is 4.90 Å². The number of carbonyl (C=O) groups is 1. The van der Waals surface area contributed by atoms with Crippen LogP contribution in [-0.2, 0) is 14.8 Å². The molecular formula is C17H23N3O3S. The third kappa shape index (κ3) is 4.34. The summed E-state index contributed by atoms with van der Waals surface area (Å²) in [5.41, 5.74) is 0.890. The molecule has 1 amide bonds. The maximum absolute atomic E-state index is 12.6. The van der Waals surface area contributed by atoms with Gasteiger partial charge in [0.05, 0.1) is 30.8 Å². The van der Waals surface area contributed by atoms with E-state index < -0.39 is 15.9 Å². The molecule has 0 bridgehead atoms. The predicted octanol–water partition coefficient (Wildman–Crippen LogP) is 1.57. The molecule has 130 valence electrons. The summed E-state index contributed by atoms with van der Waals surface area (Å²) in [6, 6.07) is 11.6. The number of nitriles is 1. The molecule has 1 heterocycles. The molecule has 6 nitrogen and oxygen atoms in total. The van der Waals surface area contributed by atoms with E-state index in [0.29, 0.717) is 6.54 Å². The third-order valence-corrected chi connectivity index (χ3v) is 5.74. The highest BCUT2D eigenvalue weighted by molar-refractivity contribution is 7.88. The van der Waals surface area contributed by atoms with Crippen LogP contribution >= 0.6 is 0 Å². The highest BCUT2D eigenvalue weighted by Gasteiger charge is 2.34. The average Bonchev–Trinajstić information content (AvgIpc) is 2.56. The van der Waals surface area contributed by atoms with Gasteiger partial charge in [0, 0.05) is 13.6 Å². The van der Waals surface area contributed by atoms with Crippen molar-refractivity contribution in [2.75, 3.05) is 26.4 Å². The second kappa shape index (κ2) is 7.77. The summed E-state index contributed by atoms with van der Waals surface area (Å²) in [6.07, 6.45) is 3.66. The number of nitrogens with zero attached hydrogens (tertiary/aromatic N) is 3. The van der Waals surface area contributed by atoms with Gasteiger partial charge in [-0.05, 0) is 24.8 Å². The number of amides is 1. The van der Waals surface area contributed by atoms with Crippen molar-refractivity contribution in [3.63, 3.8) is 0 Å². The van der Waals surface area contributed by atoms with Crippen LogP contribution in [0.5, 0.6) is 0 Å². The van der Waals surface area contributed by atoms with Crippen LogP contribution in [0.3, 0.4) is 0 Å². The Balaban J connectivity index is 2.21. The van der Waals surface area contributed by atoms with Crippen molar-refractivity contribution in [3.05, 3.63) is 35.9 Å². The van der Waals surface area contributed by atoms with E-state index in [1.165, 1.54) is 7.05 Å². The first-order valence-corrected chi connectivity index (χ1v) is 9.84. The summed E-state index contributed by atoms with van der Waals surface area (Å²) in [5.74, 6) is -0.650. The Labute approximate surface area is 143 Å². The normalized spacial score (nSPS) is 19.8. The lowest BCUT2D eigenvalue weighted by Gasteiger charge is -2.39. The number of sulfonamides is 1. The van der Waals surface area contributed by atoms with Gasteiger partial charge >= 0.3 is 0 Å². The van der Waals surface area contributed by atoms with E-state index in [-0.39, 0.29) is 18.5 Å². The molecular weight excluding hydrogens is 326 g/mol. The quantitative estimate of drug-likeness (QED) is 0.808. The minimum Gasteiger partial charge on any atom is -0.337 e. The van der Waals surface area contributed by atoms with E-state index in [1.807, 2.05) is 30.3 Å². The number of likely N-dealkylation sites (N-methyl/N-ethyl adjacent to an activating group) is 1. The maximum Gasteiger partial charge on any atom is 0.238 e. The fourth-order valence-corrected chi connectivity index (χ4v) is 3.40. The molecule has 7 heteroatoms. The molecule has 2 rings (SSSR count). The van der Waals surface area contributed by atoms with Gasteiger partial charge in [0.25, 0.3) is 0 Å². The maximum atomic E-state index is 12.6. The standard InChI is InChI=1S/C17H23N3O3S/c1-19(24(2,22)23)13-17(21)20-11-7-6-10-16(20)15(12-18)14-8-4-3-5-9-14/h3-5,8-9,15-16H,6-7,10-11,13H2,1-2H3. The Morgan fingerprint density at radius 3 is 2.62 bits per heavy atom. The van der Waals surface area contributed by atoms with Crippen LogP contribution in [0.1, 0.15) is 30.7 Å². The van der Waals surface area contributed by atoms with Crippen molar-refractivity contribution in [2.45, 2.75) is 31.2 Å². The SMILES string of the molecule is CN(CC(=O)N1CCCCC1C(C#N)c1ccccc1)S(C)(=O)=O. The molecule has 0 N–H and O–H groups in total. The van der Waals surface area contributed by atoms with Crippen molar-refractivity contribution in [1.29, 1.82) is 5.26 Å². The van der Waals surface area contributed by atoms with Crippen molar-refractivity contribution >= 4 is 15.9 Å². The van der Waals surface area contributed by atoms with Gasteiger partial charge in [-0.2, -0.15) is 9.57 Å². The molecule has 0 saturated carbocycles. The van der Waals surface area contributed by atoms with Crippen molar-refractivity contribution in [3.8, 4) is 6.07 Å². The van der Waals surface area contributed by atoms with Crippen LogP contribution in [0.25, 0.3) is 0 Å². The molecule has 1 aromatic carbocycles. The zero-order valence-electron chi connectivity index (χ0n) is 14.1. The molecule has 0 radical (unpaired) electrons. The van der Waals surface area contributed by atoms with Crippen LogP contribution in [-0.4, -0.2) is 56.0 Å². The smallest absolute Gasteiger partial charge is 0.238 e. The lowest BCUT2D eigenvalue weighted by atomic mass is 9.86. The summed E-state index contributed by atoms with van der Waals surface area (Å²) < 4.78 is 24.1. The summed E-state index contributed by atoms with van der Waals surface area (Å²) in [7, 11) is -2.02. The number of rotatable bonds is 5. The Hall–Kier alpha value is -1.91. The zero-order valence-corrected chi connectivity index (χ0v) is 14.9. The van der Waals surface area contributed by atoms with E-state index in [0.717, 1.165) is 35.4 Å². The van der Waals surface area contributed by atoms with Crippen LogP contribution in [0, 0.1) is 11.3 Å². The number of likely N-dealkylation sites (tertiary alicyclic amines) is 1. The van der Waals surface area contributed by atoms with Gasteiger partial charge in [-0.1, -0.05) is 30.3 Å². The Morgan fingerprint density at radius 2 is 2.04 bits per heavy atom. The molecule has 2 unspecified atom stereocenters. The van der Waals surface area contributed by atoms with E-state index >= 15 is 0 Å². The molecule has 1 aromatic rings. The van der Waals surface area contributed by atoms with Crippen LogP contribution in [0.4, 0.5) is 0 Å². The minimum absolute atomic E-state index is 0.192. The molecule has 0 aliphatic carbocycles. The fourth-order valence-electron chi connectivity index (χ4n) is 3.06. The average molecular weight is 349 g/mol. The van der Waals surface area contributed by atoms with Crippen molar-refractivity contribution in [2.24, 2.45) is 0 Å². The molecule has 1 aliphatic rings. The summed E-state index contributed by atoms with van der Waals surface area (Å²) in [5, 5.41) is 9.65. The lowest BCUT2D eigenvalue weighted by Crippen LogP contribution is -2.50. The van der Waals surface area contributed by atoms with Gasteiger partial charge in [-0.25, -0.2) is 8.42 Å². The van der Waals surface area contributed by atoms with Gasteiger partial charge in [-0.15, -0.1) is 0 Å². The monoisotopic (exact) mass is 349 g/mol. The Morgan fingerprint density at radius 1 is 1.38 bits per heavy atom. The number of hydrogen-bond donors (Lipinski definition) is 0. The molecule has 2 atom stereocenters. The van der Waals surface area contributed by atoms with E-state index in [4.69, 9.17) is 0 Å². The van der Waals surface area contributed by atoms with Gasteiger partial charge in [0.2, 0.25) is 15.9 Å². The van der Waals surface area contributed by atoms with Crippen molar-refractivity contribution in [1.82, 2.24) is 9.21 Å². The second-order valence-electron chi connectivity index (χ2n) is 6.19. The van der Waals surface area contributed by atoms with Crippen LogP contribution in [0.15, 0.2) is 30.3 Å². The van der Waals surface area contributed by atoms with Crippen molar-refractivity contribution < 1.29 is 13.2 Å². The molecule has 24 heavy (non-hydrogen) atoms. The van der Waals surface area contributed by atoms with Gasteiger partial charge < -0.3 is 4.90 Å². The van der Waals surface area contributed by atoms with Gasteiger partial charge in [0.1, 0.15) is 0 Å². The number of hydrogen-bond acceptors (Lipinski definition) is 4. The fraction of sp³-hybridized carbons (Fsp3) is 0.529. The van der Waals surface area contributed by atoms with Gasteiger partial charge in [-0.3, -0.25) is 4.79 Å². The highest BCUT2D eigenvalue weighted by Crippen LogP contribution is 2.30. The first-order chi connectivity index (χ1) is 11.3. The minimum atomic E-state index is -3.41. The Kier molecular flexibility index (Phi) is 5.97. The van der Waals surface area contributed by atoms with Crippen LogP contribution < -0.4 is 0 Å². The second-order valence-corrected chi connectivity index (χ2v) is 8.28. The number of benzene rings is 1. The highest BCUT2D eigenvalue weighted by atomic mass is 32.2. The zero-order chi connectivity index (χ0) is 17.7. The lowest BCUT2D eigenvalue weighted by molar-refractivity contribution is -0.135.